The Kier molecular flexibility index (Phi) is 4.59. The van der Waals surface area contributed by atoms with E-state index in [0.29, 0.717) is 12.2 Å². The van der Waals surface area contributed by atoms with E-state index in [1.807, 2.05) is 27.0 Å². The van der Waals surface area contributed by atoms with Crippen molar-refractivity contribution in [3.05, 3.63) is 53.3 Å². The van der Waals surface area contributed by atoms with E-state index < -0.39 is 10.0 Å². The van der Waals surface area contributed by atoms with Gasteiger partial charge >= 0.3 is 0 Å². The fourth-order valence-corrected chi connectivity index (χ4v) is 3.12. The minimum atomic E-state index is -3.59. The SMILES string of the molecule is CNCc1cc(S(=O)(=O)Nc2ccnc(C)c2)ccc1C. The second-order valence-corrected chi connectivity index (χ2v) is 6.59. The first kappa shape index (κ1) is 15.5. The highest BCUT2D eigenvalue weighted by Crippen LogP contribution is 2.19. The molecule has 2 rings (SSSR count). The second-order valence-electron chi connectivity index (χ2n) is 4.91. The summed E-state index contributed by atoms with van der Waals surface area (Å²) < 4.78 is 27.4. The van der Waals surface area contributed by atoms with E-state index in [9.17, 15) is 8.42 Å². The van der Waals surface area contributed by atoms with E-state index in [1.54, 1.807) is 30.5 Å². The minimum Gasteiger partial charge on any atom is -0.316 e. The summed E-state index contributed by atoms with van der Waals surface area (Å²) in [6, 6.07) is 8.46. The molecule has 2 N–H and O–H groups in total. The van der Waals surface area contributed by atoms with Gasteiger partial charge in [0.05, 0.1) is 10.6 Å². The van der Waals surface area contributed by atoms with Gasteiger partial charge in [0, 0.05) is 18.4 Å². The van der Waals surface area contributed by atoms with E-state index in [2.05, 4.69) is 15.0 Å². The lowest BCUT2D eigenvalue weighted by molar-refractivity contribution is 0.601. The van der Waals surface area contributed by atoms with Gasteiger partial charge < -0.3 is 5.32 Å². The number of nitrogens with zero attached hydrogens (tertiary/aromatic N) is 1. The van der Waals surface area contributed by atoms with E-state index >= 15 is 0 Å². The van der Waals surface area contributed by atoms with Crippen molar-refractivity contribution in [2.45, 2.75) is 25.3 Å². The molecule has 2 aromatic rings. The van der Waals surface area contributed by atoms with Crippen LogP contribution in [-0.4, -0.2) is 20.4 Å². The smallest absolute Gasteiger partial charge is 0.261 e. The number of nitrogens with one attached hydrogen (secondary N) is 2. The Morgan fingerprint density at radius 2 is 1.90 bits per heavy atom. The maximum atomic E-state index is 12.4. The molecule has 6 heteroatoms. The van der Waals surface area contributed by atoms with E-state index in [-0.39, 0.29) is 4.90 Å². The molecule has 1 aromatic carbocycles. The van der Waals surface area contributed by atoms with E-state index in [1.165, 1.54) is 0 Å². The molecule has 0 atom stereocenters. The summed E-state index contributed by atoms with van der Waals surface area (Å²) in [6.45, 7) is 4.40. The number of aryl methyl sites for hydroxylation is 2. The zero-order valence-corrected chi connectivity index (χ0v) is 13.2. The fourth-order valence-electron chi connectivity index (χ4n) is 2.02. The van der Waals surface area contributed by atoms with Gasteiger partial charge in [-0.15, -0.1) is 0 Å². The quantitative estimate of drug-likeness (QED) is 0.888. The van der Waals surface area contributed by atoms with Crippen molar-refractivity contribution in [1.82, 2.24) is 10.3 Å². The number of hydrogen-bond acceptors (Lipinski definition) is 4. The monoisotopic (exact) mass is 305 g/mol. The zero-order valence-electron chi connectivity index (χ0n) is 12.3. The molecule has 0 amide bonds. The van der Waals surface area contributed by atoms with Gasteiger partial charge in [0.1, 0.15) is 0 Å². The molecule has 0 saturated carbocycles. The topological polar surface area (TPSA) is 71.1 Å². The highest BCUT2D eigenvalue weighted by molar-refractivity contribution is 7.92. The zero-order chi connectivity index (χ0) is 15.5. The third-order valence-electron chi connectivity index (χ3n) is 3.15. The minimum absolute atomic E-state index is 0.257. The van der Waals surface area contributed by atoms with Gasteiger partial charge in [-0.3, -0.25) is 9.71 Å². The van der Waals surface area contributed by atoms with Crippen LogP contribution in [0.25, 0.3) is 0 Å². The Labute approximate surface area is 125 Å². The molecule has 0 spiro atoms. The van der Waals surface area contributed by atoms with Crippen LogP contribution in [0.5, 0.6) is 0 Å². The third-order valence-corrected chi connectivity index (χ3v) is 4.53. The maximum Gasteiger partial charge on any atom is 0.261 e. The lowest BCUT2D eigenvalue weighted by Gasteiger charge is -2.11. The number of anilines is 1. The first-order valence-electron chi connectivity index (χ1n) is 6.62. The molecule has 0 fully saturated rings. The molecule has 0 aliphatic rings. The standard InChI is InChI=1S/C15H19N3O2S/c1-11-4-5-15(9-13(11)10-16-3)21(19,20)18-14-6-7-17-12(2)8-14/h4-9,16H,10H2,1-3H3,(H,17,18). The summed E-state index contributed by atoms with van der Waals surface area (Å²) in [4.78, 5) is 4.31. The first-order chi connectivity index (χ1) is 9.92. The van der Waals surface area contributed by atoms with Crippen LogP contribution < -0.4 is 10.0 Å². The van der Waals surface area contributed by atoms with Gasteiger partial charge in [-0.05, 0) is 56.3 Å². The number of pyridine rings is 1. The number of hydrogen-bond donors (Lipinski definition) is 2. The third kappa shape index (κ3) is 3.80. The fraction of sp³-hybridized carbons (Fsp3) is 0.267. The van der Waals surface area contributed by atoms with Gasteiger partial charge in [-0.2, -0.15) is 0 Å². The second kappa shape index (κ2) is 6.24. The molecular weight excluding hydrogens is 286 g/mol. The van der Waals surface area contributed by atoms with Crippen molar-refractivity contribution in [2.75, 3.05) is 11.8 Å². The van der Waals surface area contributed by atoms with Gasteiger partial charge in [-0.1, -0.05) is 6.07 Å². The molecule has 0 radical (unpaired) electrons. The lowest BCUT2D eigenvalue weighted by Crippen LogP contribution is -2.14. The van der Waals surface area contributed by atoms with Crippen LogP contribution in [0, 0.1) is 13.8 Å². The van der Waals surface area contributed by atoms with Crippen molar-refractivity contribution in [2.24, 2.45) is 0 Å². The number of sulfonamides is 1. The van der Waals surface area contributed by atoms with Crippen LogP contribution in [0.4, 0.5) is 5.69 Å². The van der Waals surface area contributed by atoms with Crippen LogP contribution in [-0.2, 0) is 16.6 Å². The van der Waals surface area contributed by atoms with Crippen molar-refractivity contribution in [3.63, 3.8) is 0 Å². The van der Waals surface area contributed by atoms with Crippen LogP contribution >= 0.6 is 0 Å². The van der Waals surface area contributed by atoms with Gasteiger partial charge in [0.15, 0.2) is 0 Å². The Balaban J connectivity index is 2.33. The molecule has 21 heavy (non-hydrogen) atoms. The molecule has 0 saturated heterocycles. The summed E-state index contributed by atoms with van der Waals surface area (Å²) in [6.07, 6.45) is 1.58. The summed E-state index contributed by atoms with van der Waals surface area (Å²) in [7, 11) is -1.76. The van der Waals surface area contributed by atoms with Gasteiger partial charge in [0.2, 0.25) is 0 Å². The summed E-state index contributed by atoms with van der Waals surface area (Å²) in [5, 5.41) is 3.04. The Morgan fingerprint density at radius 3 is 2.57 bits per heavy atom. The van der Waals surface area contributed by atoms with Crippen molar-refractivity contribution in [3.8, 4) is 0 Å². The number of benzene rings is 1. The van der Waals surface area contributed by atoms with Gasteiger partial charge in [-0.25, -0.2) is 8.42 Å². The summed E-state index contributed by atoms with van der Waals surface area (Å²) in [5.41, 5.74) is 3.29. The molecule has 5 nitrogen and oxygen atoms in total. The molecule has 1 aromatic heterocycles. The Hall–Kier alpha value is -1.92. The predicted octanol–water partition coefficient (Wildman–Crippen LogP) is 2.22. The molecule has 0 bridgehead atoms. The van der Waals surface area contributed by atoms with Crippen LogP contribution in [0.1, 0.15) is 16.8 Å². The van der Waals surface area contributed by atoms with Gasteiger partial charge in [0.25, 0.3) is 10.0 Å². The van der Waals surface area contributed by atoms with Crippen molar-refractivity contribution < 1.29 is 8.42 Å². The molecule has 112 valence electrons. The summed E-state index contributed by atoms with van der Waals surface area (Å²) >= 11 is 0. The average molecular weight is 305 g/mol. The van der Waals surface area contributed by atoms with Crippen molar-refractivity contribution in [1.29, 1.82) is 0 Å². The number of rotatable bonds is 5. The van der Waals surface area contributed by atoms with Crippen molar-refractivity contribution >= 4 is 15.7 Å². The number of aromatic nitrogens is 1. The van der Waals surface area contributed by atoms with E-state index in [4.69, 9.17) is 0 Å². The lowest BCUT2D eigenvalue weighted by atomic mass is 10.1. The average Bonchev–Trinajstić information content (AvgIpc) is 2.41. The van der Waals surface area contributed by atoms with E-state index in [0.717, 1.165) is 16.8 Å². The Bertz CT molecular complexity index is 742. The first-order valence-corrected chi connectivity index (χ1v) is 8.10. The molecule has 0 aliphatic heterocycles. The van der Waals surface area contributed by atoms with Crippen LogP contribution in [0.2, 0.25) is 0 Å². The Morgan fingerprint density at radius 1 is 1.14 bits per heavy atom. The summed E-state index contributed by atoms with van der Waals surface area (Å²) in [5.74, 6) is 0. The maximum absolute atomic E-state index is 12.4. The molecule has 1 heterocycles. The largest absolute Gasteiger partial charge is 0.316 e. The molecule has 0 unspecified atom stereocenters. The van der Waals surface area contributed by atoms with Crippen LogP contribution in [0.3, 0.4) is 0 Å². The molecule has 0 aliphatic carbocycles. The predicted molar refractivity (Wildman–Crippen MR) is 83.7 cm³/mol. The van der Waals surface area contributed by atoms with Crippen LogP contribution in [0.15, 0.2) is 41.4 Å². The molecular formula is C15H19N3O2S. The normalized spacial score (nSPS) is 11.4. The highest BCUT2D eigenvalue weighted by atomic mass is 32.2. The highest BCUT2D eigenvalue weighted by Gasteiger charge is 2.15.